The average molecular weight is 201 g/mol. The van der Waals surface area contributed by atoms with Crippen LogP contribution in [0.2, 0.25) is 0 Å². The van der Waals surface area contributed by atoms with Crippen LogP contribution < -0.4 is 5.32 Å². The third kappa shape index (κ3) is 2.96. The Morgan fingerprint density at radius 2 is 2.29 bits per heavy atom. The summed E-state index contributed by atoms with van der Waals surface area (Å²) < 4.78 is 10.0. The summed E-state index contributed by atoms with van der Waals surface area (Å²) in [5, 5.41) is 3.25. The topological polar surface area (TPSA) is 47.6 Å². The summed E-state index contributed by atoms with van der Waals surface area (Å²) in [6, 6.07) is 0.262. The molecule has 1 heterocycles. The fourth-order valence-electron chi connectivity index (χ4n) is 1.68. The molecule has 0 spiro atoms. The predicted octanol–water partition coefficient (Wildman–Crippen LogP) is 0.707. The van der Waals surface area contributed by atoms with E-state index in [-0.39, 0.29) is 12.0 Å². The Morgan fingerprint density at radius 3 is 2.79 bits per heavy atom. The van der Waals surface area contributed by atoms with Gasteiger partial charge in [0.15, 0.2) is 0 Å². The Morgan fingerprint density at radius 1 is 1.57 bits per heavy atom. The molecule has 4 nitrogen and oxygen atoms in total. The van der Waals surface area contributed by atoms with E-state index in [1.54, 1.807) is 0 Å². The SMILES string of the molecule is COC(=O)C(C)(C)NC1CCCOC1. The van der Waals surface area contributed by atoms with Gasteiger partial charge in [0.1, 0.15) is 5.54 Å². The minimum absolute atomic E-state index is 0.233. The number of nitrogens with one attached hydrogen (secondary N) is 1. The number of ether oxygens (including phenoxy) is 2. The highest BCUT2D eigenvalue weighted by Gasteiger charge is 2.31. The Hall–Kier alpha value is -0.610. The van der Waals surface area contributed by atoms with Crippen molar-refractivity contribution in [2.24, 2.45) is 0 Å². The first-order chi connectivity index (χ1) is 6.56. The van der Waals surface area contributed by atoms with Gasteiger partial charge in [-0.3, -0.25) is 10.1 Å². The smallest absolute Gasteiger partial charge is 0.325 e. The van der Waals surface area contributed by atoms with Gasteiger partial charge >= 0.3 is 5.97 Å². The molecule has 0 saturated carbocycles. The molecular weight excluding hydrogens is 182 g/mol. The first kappa shape index (κ1) is 11.5. The lowest BCUT2D eigenvalue weighted by Crippen LogP contribution is -2.54. The van der Waals surface area contributed by atoms with E-state index in [1.807, 2.05) is 13.8 Å². The molecule has 82 valence electrons. The summed E-state index contributed by atoms with van der Waals surface area (Å²) >= 11 is 0. The number of carbonyl (C=O) groups is 1. The van der Waals surface area contributed by atoms with Crippen LogP contribution in [0.3, 0.4) is 0 Å². The Kier molecular flexibility index (Phi) is 3.89. The molecule has 1 aliphatic heterocycles. The van der Waals surface area contributed by atoms with Crippen LogP contribution in [0.1, 0.15) is 26.7 Å². The summed E-state index contributed by atoms with van der Waals surface area (Å²) in [6.07, 6.45) is 2.11. The molecule has 0 bridgehead atoms. The van der Waals surface area contributed by atoms with E-state index in [9.17, 15) is 4.79 Å². The standard InChI is InChI=1S/C10H19NO3/c1-10(2,9(12)13-3)11-8-5-4-6-14-7-8/h8,11H,4-7H2,1-3H3. The van der Waals surface area contributed by atoms with Crippen molar-refractivity contribution in [1.29, 1.82) is 0 Å². The van der Waals surface area contributed by atoms with Gasteiger partial charge in [0.25, 0.3) is 0 Å². The van der Waals surface area contributed by atoms with Crippen LogP contribution >= 0.6 is 0 Å². The van der Waals surface area contributed by atoms with Gasteiger partial charge in [-0.15, -0.1) is 0 Å². The average Bonchev–Trinajstić information content (AvgIpc) is 2.17. The fraction of sp³-hybridized carbons (Fsp3) is 0.900. The summed E-state index contributed by atoms with van der Waals surface area (Å²) in [6.45, 7) is 5.16. The highest BCUT2D eigenvalue weighted by molar-refractivity contribution is 5.79. The summed E-state index contributed by atoms with van der Waals surface area (Å²) in [7, 11) is 1.41. The van der Waals surface area contributed by atoms with Crippen LogP contribution in [0.15, 0.2) is 0 Å². The molecular formula is C10H19NO3. The lowest BCUT2D eigenvalue weighted by atomic mass is 10.0. The summed E-state index contributed by atoms with van der Waals surface area (Å²) in [5.41, 5.74) is -0.625. The maximum atomic E-state index is 11.4. The van der Waals surface area contributed by atoms with Crippen molar-refractivity contribution in [2.75, 3.05) is 20.3 Å². The van der Waals surface area contributed by atoms with Gasteiger partial charge in [-0.05, 0) is 26.7 Å². The zero-order valence-electron chi connectivity index (χ0n) is 9.13. The van der Waals surface area contributed by atoms with Gasteiger partial charge in [-0.1, -0.05) is 0 Å². The molecule has 0 aromatic heterocycles. The predicted molar refractivity (Wildman–Crippen MR) is 53.1 cm³/mol. The molecule has 0 aromatic rings. The van der Waals surface area contributed by atoms with Crippen molar-refractivity contribution >= 4 is 5.97 Å². The molecule has 0 amide bonds. The molecule has 1 aliphatic rings. The largest absolute Gasteiger partial charge is 0.468 e. The van der Waals surface area contributed by atoms with Crippen molar-refractivity contribution in [2.45, 2.75) is 38.3 Å². The van der Waals surface area contributed by atoms with Crippen molar-refractivity contribution in [3.8, 4) is 0 Å². The Bertz CT molecular complexity index is 198. The molecule has 4 heteroatoms. The zero-order chi connectivity index (χ0) is 10.6. The van der Waals surface area contributed by atoms with E-state index in [2.05, 4.69) is 5.32 Å². The second-order valence-corrected chi connectivity index (χ2v) is 4.17. The van der Waals surface area contributed by atoms with Crippen LogP contribution in [0.4, 0.5) is 0 Å². The number of hydrogen-bond acceptors (Lipinski definition) is 4. The number of rotatable bonds is 3. The molecule has 1 N–H and O–H groups in total. The zero-order valence-corrected chi connectivity index (χ0v) is 9.13. The van der Waals surface area contributed by atoms with Crippen LogP contribution in [-0.2, 0) is 14.3 Å². The van der Waals surface area contributed by atoms with E-state index in [0.717, 1.165) is 19.4 Å². The Balaban J connectivity index is 2.44. The number of methoxy groups -OCH3 is 1. The van der Waals surface area contributed by atoms with Crippen LogP contribution in [0, 0.1) is 0 Å². The lowest BCUT2D eigenvalue weighted by Gasteiger charge is -2.31. The van der Waals surface area contributed by atoms with Gasteiger partial charge < -0.3 is 9.47 Å². The minimum Gasteiger partial charge on any atom is -0.468 e. The van der Waals surface area contributed by atoms with Crippen LogP contribution in [0.25, 0.3) is 0 Å². The van der Waals surface area contributed by atoms with Crippen LogP contribution in [0.5, 0.6) is 0 Å². The Labute approximate surface area is 85.0 Å². The van der Waals surface area contributed by atoms with Gasteiger partial charge in [0.2, 0.25) is 0 Å². The molecule has 1 rings (SSSR count). The maximum absolute atomic E-state index is 11.4. The third-order valence-corrected chi connectivity index (χ3v) is 2.42. The first-order valence-corrected chi connectivity index (χ1v) is 5.00. The van der Waals surface area contributed by atoms with Crippen LogP contribution in [-0.4, -0.2) is 37.9 Å². The van der Waals surface area contributed by atoms with Gasteiger partial charge in [0.05, 0.1) is 13.7 Å². The fourth-order valence-corrected chi connectivity index (χ4v) is 1.68. The minimum atomic E-state index is -0.625. The quantitative estimate of drug-likeness (QED) is 0.683. The van der Waals surface area contributed by atoms with Crippen molar-refractivity contribution in [1.82, 2.24) is 5.32 Å². The van der Waals surface area contributed by atoms with Gasteiger partial charge in [-0.25, -0.2) is 0 Å². The second-order valence-electron chi connectivity index (χ2n) is 4.17. The van der Waals surface area contributed by atoms with E-state index < -0.39 is 5.54 Å². The molecule has 0 aliphatic carbocycles. The highest BCUT2D eigenvalue weighted by atomic mass is 16.5. The maximum Gasteiger partial charge on any atom is 0.325 e. The normalized spacial score (nSPS) is 23.2. The van der Waals surface area contributed by atoms with Crippen molar-refractivity contribution in [3.05, 3.63) is 0 Å². The molecule has 1 atom stereocenters. The second kappa shape index (κ2) is 4.75. The lowest BCUT2D eigenvalue weighted by molar-refractivity contribution is -0.147. The summed E-state index contributed by atoms with van der Waals surface area (Å²) in [4.78, 5) is 11.4. The van der Waals surface area contributed by atoms with E-state index in [1.165, 1.54) is 7.11 Å². The molecule has 1 fully saturated rings. The number of hydrogen-bond donors (Lipinski definition) is 1. The number of carbonyl (C=O) groups excluding carboxylic acids is 1. The van der Waals surface area contributed by atoms with Gasteiger partial charge in [-0.2, -0.15) is 0 Å². The van der Waals surface area contributed by atoms with E-state index in [4.69, 9.17) is 9.47 Å². The first-order valence-electron chi connectivity index (χ1n) is 5.00. The summed E-state index contributed by atoms with van der Waals surface area (Å²) in [5.74, 6) is -0.233. The molecule has 14 heavy (non-hydrogen) atoms. The highest BCUT2D eigenvalue weighted by Crippen LogP contribution is 2.12. The third-order valence-electron chi connectivity index (χ3n) is 2.42. The van der Waals surface area contributed by atoms with Crippen molar-refractivity contribution < 1.29 is 14.3 Å². The van der Waals surface area contributed by atoms with Gasteiger partial charge in [0, 0.05) is 12.6 Å². The number of esters is 1. The van der Waals surface area contributed by atoms with Crippen molar-refractivity contribution in [3.63, 3.8) is 0 Å². The van der Waals surface area contributed by atoms with E-state index in [0.29, 0.717) is 6.61 Å². The van der Waals surface area contributed by atoms with E-state index >= 15 is 0 Å². The molecule has 1 unspecified atom stereocenters. The molecule has 0 aromatic carbocycles. The monoisotopic (exact) mass is 201 g/mol. The molecule has 1 saturated heterocycles. The molecule has 0 radical (unpaired) electrons.